The Morgan fingerprint density at radius 1 is 1.11 bits per heavy atom. The third kappa shape index (κ3) is 5.51. The molecule has 0 spiro atoms. The first kappa shape index (κ1) is 26.1. The summed E-state index contributed by atoms with van der Waals surface area (Å²) in [6.07, 6.45) is 2.96. The highest BCUT2D eigenvalue weighted by Gasteiger charge is 2.43. The van der Waals surface area contributed by atoms with Gasteiger partial charge in [0.05, 0.1) is 5.69 Å². The number of hydrogen-bond acceptors (Lipinski definition) is 6. The molecule has 4 amide bonds. The van der Waals surface area contributed by atoms with Crippen LogP contribution in [0.15, 0.2) is 47.8 Å². The van der Waals surface area contributed by atoms with Crippen LogP contribution in [0.4, 0.5) is 14.9 Å². The van der Waals surface area contributed by atoms with E-state index < -0.39 is 17.5 Å². The van der Waals surface area contributed by atoms with Gasteiger partial charge in [0.2, 0.25) is 0 Å². The van der Waals surface area contributed by atoms with E-state index >= 15 is 0 Å². The van der Waals surface area contributed by atoms with Gasteiger partial charge in [0.25, 0.3) is 11.8 Å². The third-order valence-electron chi connectivity index (χ3n) is 7.40. The molecule has 3 heterocycles. The molecule has 38 heavy (non-hydrogen) atoms. The van der Waals surface area contributed by atoms with Crippen LogP contribution >= 0.6 is 11.3 Å². The first-order valence-electron chi connectivity index (χ1n) is 13.0. The molecule has 2 aliphatic rings. The molecule has 2 saturated heterocycles. The van der Waals surface area contributed by atoms with Crippen molar-refractivity contribution >= 4 is 45.0 Å². The number of thiophene rings is 1. The van der Waals surface area contributed by atoms with E-state index in [1.807, 2.05) is 6.07 Å². The molecule has 2 aromatic carbocycles. The zero-order chi connectivity index (χ0) is 26.7. The van der Waals surface area contributed by atoms with Crippen LogP contribution in [0.2, 0.25) is 0 Å². The average Bonchev–Trinajstić information content (AvgIpc) is 3.33. The number of fused-ring (bicyclic) bond motifs is 1. The molecule has 202 valence electrons. The lowest BCUT2D eigenvalue weighted by Crippen LogP contribution is -2.40. The minimum Gasteiger partial charge on any atom is -0.369 e. The third-order valence-corrected chi connectivity index (χ3v) is 8.33. The van der Waals surface area contributed by atoms with Crippen molar-refractivity contribution in [2.75, 3.05) is 44.2 Å². The normalized spacial score (nSPS) is 20.3. The number of benzene rings is 2. The number of carbonyl (C=O) groups excluding carboxylic acids is 3. The van der Waals surface area contributed by atoms with Gasteiger partial charge in [-0.25, -0.2) is 9.18 Å². The maximum atomic E-state index is 13.6. The molecule has 3 aromatic rings. The Bertz CT molecular complexity index is 1350. The molecular formula is C28H34FN5O3S. The van der Waals surface area contributed by atoms with Crippen LogP contribution in [-0.4, -0.2) is 62.0 Å². The van der Waals surface area contributed by atoms with Crippen LogP contribution in [0.3, 0.4) is 0 Å². The Morgan fingerprint density at radius 2 is 1.92 bits per heavy atom. The van der Waals surface area contributed by atoms with Gasteiger partial charge in [-0.05, 0) is 75.2 Å². The van der Waals surface area contributed by atoms with E-state index in [1.165, 1.54) is 11.8 Å². The van der Waals surface area contributed by atoms with Crippen LogP contribution in [0.1, 0.15) is 43.5 Å². The number of unbranched alkanes of at least 4 members (excludes halogenated alkanes) is 1. The highest BCUT2D eigenvalue weighted by molar-refractivity contribution is 7.17. The number of imide groups is 1. The van der Waals surface area contributed by atoms with Gasteiger partial charge in [0.1, 0.15) is 11.4 Å². The van der Waals surface area contributed by atoms with E-state index in [4.69, 9.17) is 0 Å². The number of nitrogens with one attached hydrogen (secondary N) is 3. The number of carbonyl (C=O) groups is 3. The second kappa shape index (κ2) is 11.1. The molecule has 3 N–H and O–H groups in total. The van der Waals surface area contributed by atoms with E-state index in [0.717, 1.165) is 62.1 Å². The van der Waals surface area contributed by atoms with Crippen molar-refractivity contribution in [2.24, 2.45) is 0 Å². The fourth-order valence-corrected chi connectivity index (χ4v) is 6.13. The number of nitrogens with zero attached hydrogens (tertiary/aromatic N) is 2. The van der Waals surface area contributed by atoms with Crippen molar-refractivity contribution in [3.05, 3.63) is 64.8 Å². The number of halogens is 1. The van der Waals surface area contributed by atoms with Crippen LogP contribution in [0.25, 0.3) is 10.1 Å². The predicted molar refractivity (Wildman–Crippen MR) is 149 cm³/mol. The van der Waals surface area contributed by atoms with Crippen LogP contribution in [-0.2, 0) is 10.3 Å². The van der Waals surface area contributed by atoms with Crippen molar-refractivity contribution in [1.82, 2.24) is 20.9 Å². The molecular weight excluding hydrogens is 505 g/mol. The van der Waals surface area contributed by atoms with Crippen LogP contribution in [0, 0.1) is 5.82 Å². The second-order valence-electron chi connectivity index (χ2n) is 10.0. The van der Waals surface area contributed by atoms with Crippen molar-refractivity contribution in [3.8, 4) is 0 Å². The molecule has 1 unspecified atom stereocenters. The summed E-state index contributed by atoms with van der Waals surface area (Å²) < 4.78 is 14.5. The summed E-state index contributed by atoms with van der Waals surface area (Å²) in [5, 5.41) is 11.1. The quantitative estimate of drug-likeness (QED) is 0.297. The minimum absolute atomic E-state index is 0. The van der Waals surface area contributed by atoms with E-state index in [9.17, 15) is 18.8 Å². The fraction of sp³-hybridized carbons (Fsp3) is 0.393. The summed E-state index contributed by atoms with van der Waals surface area (Å²) in [4.78, 5) is 41.0. The van der Waals surface area contributed by atoms with Crippen LogP contribution < -0.4 is 20.9 Å². The van der Waals surface area contributed by atoms with Gasteiger partial charge in [-0.15, -0.1) is 11.3 Å². The zero-order valence-electron chi connectivity index (χ0n) is 21.4. The van der Waals surface area contributed by atoms with Gasteiger partial charge < -0.3 is 20.4 Å². The highest BCUT2D eigenvalue weighted by Crippen LogP contribution is 2.34. The standard InChI is InChI=1S/C28H32FN5O3S.H2/c1-28(26(36)31-27(37)32-28)20-7-5-19(6-8-20)25(35)30-11-2-3-12-33-13-4-14-34(16-15-33)23-18-38-24-17-21(29)9-10-22(23)24;/h5-10,17-18H,2-4,11-16H2,1H3,(H,30,35)(H2,31,32,36,37);1H. The zero-order valence-corrected chi connectivity index (χ0v) is 22.2. The van der Waals surface area contributed by atoms with Crippen LogP contribution in [0.5, 0.6) is 0 Å². The fourth-order valence-electron chi connectivity index (χ4n) is 5.13. The smallest absolute Gasteiger partial charge is 0.322 e. The summed E-state index contributed by atoms with van der Waals surface area (Å²) in [7, 11) is 0. The molecule has 2 aliphatic heterocycles. The second-order valence-corrected chi connectivity index (χ2v) is 10.9. The first-order chi connectivity index (χ1) is 18.3. The number of hydrogen-bond donors (Lipinski definition) is 3. The Kier molecular flexibility index (Phi) is 7.62. The monoisotopic (exact) mass is 539 g/mol. The SMILES string of the molecule is CC1(c2ccc(C(=O)NCCCCN3CCCN(c4csc5cc(F)ccc45)CC3)cc2)NC(=O)NC1=O.[HH]. The molecule has 5 rings (SSSR count). The largest absolute Gasteiger partial charge is 0.369 e. The molecule has 0 saturated carbocycles. The topological polar surface area (TPSA) is 93.8 Å². The van der Waals surface area contributed by atoms with Crippen molar-refractivity contribution < 1.29 is 20.2 Å². The molecule has 1 atom stereocenters. The summed E-state index contributed by atoms with van der Waals surface area (Å²) in [5.41, 5.74) is 1.20. The van der Waals surface area contributed by atoms with Crippen molar-refractivity contribution in [3.63, 3.8) is 0 Å². The first-order valence-corrected chi connectivity index (χ1v) is 13.9. The molecule has 0 aliphatic carbocycles. The van der Waals surface area contributed by atoms with Crippen molar-refractivity contribution in [2.45, 2.75) is 31.7 Å². The summed E-state index contributed by atoms with van der Waals surface area (Å²) in [6.45, 7) is 7.17. The lowest BCUT2D eigenvalue weighted by Gasteiger charge is -2.23. The van der Waals surface area contributed by atoms with E-state index in [-0.39, 0.29) is 13.2 Å². The lowest BCUT2D eigenvalue weighted by atomic mass is 9.91. The molecule has 10 heteroatoms. The predicted octanol–water partition coefficient (Wildman–Crippen LogP) is 4.06. The molecule has 0 bridgehead atoms. The van der Waals surface area contributed by atoms with Gasteiger partial charge in [0, 0.05) is 48.6 Å². The van der Waals surface area contributed by atoms with Gasteiger partial charge >= 0.3 is 6.03 Å². The summed E-state index contributed by atoms with van der Waals surface area (Å²) in [5.74, 6) is -0.758. The minimum atomic E-state index is -1.13. The highest BCUT2D eigenvalue weighted by atomic mass is 32.1. The van der Waals surface area contributed by atoms with Gasteiger partial charge in [-0.3, -0.25) is 14.9 Å². The maximum Gasteiger partial charge on any atom is 0.322 e. The van der Waals surface area contributed by atoms with E-state index in [2.05, 4.69) is 31.1 Å². The van der Waals surface area contributed by atoms with E-state index in [0.29, 0.717) is 17.7 Å². The molecule has 0 radical (unpaired) electrons. The number of urea groups is 1. The Labute approximate surface area is 226 Å². The molecule has 1 aromatic heterocycles. The Morgan fingerprint density at radius 3 is 2.68 bits per heavy atom. The lowest BCUT2D eigenvalue weighted by molar-refractivity contribution is -0.123. The van der Waals surface area contributed by atoms with Crippen molar-refractivity contribution in [1.29, 1.82) is 0 Å². The maximum absolute atomic E-state index is 13.6. The summed E-state index contributed by atoms with van der Waals surface area (Å²) in [6, 6.07) is 11.2. The van der Waals surface area contributed by atoms with Gasteiger partial charge in [-0.1, -0.05) is 12.1 Å². The summed E-state index contributed by atoms with van der Waals surface area (Å²) >= 11 is 1.59. The van der Waals surface area contributed by atoms with E-state index in [1.54, 1.807) is 48.6 Å². The number of anilines is 1. The Hall–Kier alpha value is -3.50. The molecule has 8 nitrogen and oxygen atoms in total. The van der Waals surface area contributed by atoms with Gasteiger partial charge in [0.15, 0.2) is 0 Å². The Balaban J connectivity index is 0.00000353. The average molecular weight is 540 g/mol. The number of rotatable bonds is 8. The number of amides is 4. The van der Waals surface area contributed by atoms with Gasteiger partial charge in [-0.2, -0.15) is 0 Å². The molecule has 2 fully saturated rings.